The van der Waals surface area contributed by atoms with Crippen LogP contribution in [0.15, 0.2) is 28.7 Å². The topological polar surface area (TPSA) is 105 Å². The Bertz CT molecular complexity index is 723. The van der Waals surface area contributed by atoms with E-state index in [1.807, 2.05) is 0 Å². The number of ether oxygens (including phenoxy) is 1. The van der Waals surface area contributed by atoms with Crippen molar-refractivity contribution < 1.29 is 23.9 Å². The van der Waals surface area contributed by atoms with Gasteiger partial charge in [0.2, 0.25) is 0 Å². The van der Waals surface area contributed by atoms with Crippen molar-refractivity contribution in [3.63, 3.8) is 0 Å². The summed E-state index contributed by atoms with van der Waals surface area (Å²) in [6, 6.07) is 6.28. The quantitative estimate of drug-likeness (QED) is 0.546. The number of urea groups is 1. The van der Waals surface area contributed by atoms with E-state index in [4.69, 9.17) is 4.74 Å². The molecule has 2 N–H and O–H groups in total. The molecule has 0 bridgehead atoms. The fourth-order valence-corrected chi connectivity index (χ4v) is 2.61. The van der Waals surface area contributed by atoms with Crippen LogP contribution in [0.3, 0.4) is 0 Å². The number of anilines is 1. The van der Waals surface area contributed by atoms with E-state index in [0.717, 1.165) is 9.37 Å². The van der Waals surface area contributed by atoms with E-state index in [-0.39, 0.29) is 0 Å². The Morgan fingerprint density at radius 2 is 2.08 bits per heavy atom. The van der Waals surface area contributed by atoms with Crippen molar-refractivity contribution in [2.24, 2.45) is 0 Å². The summed E-state index contributed by atoms with van der Waals surface area (Å²) in [7, 11) is 0. The normalized spacial score (nSPS) is 19.6. The van der Waals surface area contributed by atoms with Crippen LogP contribution in [0, 0.1) is 0 Å². The Morgan fingerprint density at radius 1 is 1.36 bits per heavy atom. The minimum atomic E-state index is -1.02. The third-order valence-corrected chi connectivity index (χ3v) is 4.31. The first-order valence-electron chi connectivity index (χ1n) is 7.60. The van der Waals surface area contributed by atoms with Gasteiger partial charge in [0.15, 0.2) is 6.61 Å². The van der Waals surface area contributed by atoms with E-state index in [1.165, 1.54) is 0 Å². The van der Waals surface area contributed by atoms with Crippen molar-refractivity contribution in [3.05, 3.63) is 28.7 Å². The average Bonchev–Trinajstić information content (AvgIpc) is 2.77. The lowest BCUT2D eigenvalue weighted by Gasteiger charge is -2.18. The SMILES string of the molecule is CC[C@@]1(C)NC(=O)N(CC(=O)OCC(=O)Nc2cccc(Br)c2)C1=O. The second-order valence-electron chi connectivity index (χ2n) is 5.73. The summed E-state index contributed by atoms with van der Waals surface area (Å²) in [6.45, 7) is 2.29. The number of imide groups is 1. The number of nitrogens with one attached hydrogen (secondary N) is 2. The van der Waals surface area contributed by atoms with Gasteiger partial charge < -0.3 is 15.4 Å². The number of carbonyl (C=O) groups is 4. The first-order valence-corrected chi connectivity index (χ1v) is 8.39. The number of esters is 1. The van der Waals surface area contributed by atoms with E-state index < -0.39 is 42.5 Å². The molecule has 1 aromatic rings. The molecule has 1 aromatic carbocycles. The van der Waals surface area contributed by atoms with Crippen molar-refractivity contribution >= 4 is 45.4 Å². The molecule has 1 atom stereocenters. The zero-order valence-electron chi connectivity index (χ0n) is 13.8. The number of amides is 4. The maximum absolute atomic E-state index is 12.2. The lowest BCUT2D eigenvalue weighted by molar-refractivity contribution is -0.150. The van der Waals surface area contributed by atoms with E-state index in [2.05, 4.69) is 26.6 Å². The van der Waals surface area contributed by atoms with E-state index in [9.17, 15) is 19.2 Å². The maximum atomic E-state index is 12.2. The number of halogens is 1. The number of hydrogen-bond donors (Lipinski definition) is 2. The van der Waals surface area contributed by atoms with Crippen LogP contribution in [0.4, 0.5) is 10.5 Å². The highest BCUT2D eigenvalue weighted by molar-refractivity contribution is 9.10. The van der Waals surface area contributed by atoms with E-state index in [1.54, 1.807) is 38.1 Å². The van der Waals surface area contributed by atoms with Gasteiger partial charge in [-0.15, -0.1) is 0 Å². The molecule has 0 aliphatic carbocycles. The molecule has 0 spiro atoms. The fraction of sp³-hybridized carbons (Fsp3) is 0.375. The maximum Gasteiger partial charge on any atom is 0.326 e. The van der Waals surface area contributed by atoms with Gasteiger partial charge in [0.25, 0.3) is 11.8 Å². The van der Waals surface area contributed by atoms with Crippen LogP contribution in [-0.4, -0.2) is 47.4 Å². The monoisotopic (exact) mass is 411 g/mol. The minimum absolute atomic E-state index is 0.401. The molecule has 134 valence electrons. The van der Waals surface area contributed by atoms with Crippen LogP contribution in [0.25, 0.3) is 0 Å². The van der Waals surface area contributed by atoms with Crippen LogP contribution in [-0.2, 0) is 19.1 Å². The molecule has 0 aromatic heterocycles. The molecule has 2 rings (SSSR count). The van der Waals surface area contributed by atoms with Crippen molar-refractivity contribution in [3.8, 4) is 0 Å². The highest BCUT2D eigenvalue weighted by atomic mass is 79.9. The molecule has 25 heavy (non-hydrogen) atoms. The summed E-state index contributed by atoms with van der Waals surface area (Å²) in [5.74, 6) is -1.86. The zero-order chi connectivity index (χ0) is 18.6. The van der Waals surface area contributed by atoms with Gasteiger partial charge >= 0.3 is 12.0 Å². The van der Waals surface area contributed by atoms with Gasteiger partial charge in [0.1, 0.15) is 12.1 Å². The van der Waals surface area contributed by atoms with Gasteiger partial charge in [-0.3, -0.25) is 19.3 Å². The number of benzene rings is 1. The molecule has 0 unspecified atom stereocenters. The van der Waals surface area contributed by atoms with Gasteiger partial charge in [-0.25, -0.2) is 4.79 Å². The lowest BCUT2D eigenvalue weighted by atomic mass is 9.99. The van der Waals surface area contributed by atoms with Crippen molar-refractivity contribution in [1.82, 2.24) is 10.2 Å². The second kappa shape index (κ2) is 7.64. The van der Waals surface area contributed by atoms with Crippen LogP contribution in [0.5, 0.6) is 0 Å². The highest BCUT2D eigenvalue weighted by Gasteiger charge is 2.47. The molecule has 0 radical (unpaired) electrons. The molecule has 0 saturated carbocycles. The number of rotatable bonds is 6. The van der Waals surface area contributed by atoms with Gasteiger partial charge in [-0.2, -0.15) is 0 Å². The first kappa shape index (κ1) is 18.9. The van der Waals surface area contributed by atoms with Gasteiger partial charge in [0.05, 0.1) is 0 Å². The molecule has 1 heterocycles. The summed E-state index contributed by atoms with van der Waals surface area (Å²) in [4.78, 5) is 48.4. The number of carbonyl (C=O) groups excluding carboxylic acids is 4. The number of nitrogens with zero attached hydrogens (tertiary/aromatic N) is 1. The van der Waals surface area contributed by atoms with Gasteiger partial charge in [-0.1, -0.05) is 28.9 Å². The smallest absolute Gasteiger partial charge is 0.326 e. The van der Waals surface area contributed by atoms with Crippen LogP contribution in [0.1, 0.15) is 20.3 Å². The Hall–Kier alpha value is -2.42. The van der Waals surface area contributed by atoms with E-state index in [0.29, 0.717) is 12.1 Å². The van der Waals surface area contributed by atoms with Crippen LogP contribution in [0.2, 0.25) is 0 Å². The molecular formula is C16H18BrN3O5. The Labute approximate surface area is 153 Å². The predicted octanol–water partition coefficient (Wildman–Crippen LogP) is 1.65. The second-order valence-corrected chi connectivity index (χ2v) is 6.64. The molecule has 9 heteroatoms. The lowest BCUT2D eigenvalue weighted by Crippen LogP contribution is -2.43. The number of hydrogen-bond acceptors (Lipinski definition) is 5. The van der Waals surface area contributed by atoms with Crippen molar-refractivity contribution in [2.45, 2.75) is 25.8 Å². The Morgan fingerprint density at radius 3 is 2.68 bits per heavy atom. The molecule has 1 aliphatic rings. The minimum Gasteiger partial charge on any atom is -0.454 e. The van der Waals surface area contributed by atoms with Crippen molar-refractivity contribution in [1.29, 1.82) is 0 Å². The first-order chi connectivity index (χ1) is 11.7. The summed E-state index contributed by atoms with van der Waals surface area (Å²) in [5, 5.41) is 5.10. The molecule has 1 fully saturated rings. The van der Waals surface area contributed by atoms with Crippen LogP contribution >= 0.6 is 15.9 Å². The third-order valence-electron chi connectivity index (χ3n) is 3.81. The molecular weight excluding hydrogens is 394 g/mol. The molecule has 4 amide bonds. The summed E-state index contributed by atoms with van der Waals surface area (Å²) in [5.41, 5.74) is -0.474. The van der Waals surface area contributed by atoms with Crippen molar-refractivity contribution in [2.75, 3.05) is 18.5 Å². The van der Waals surface area contributed by atoms with Crippen LogP contribution < -0.4 is 10.6 Å². The third kappa shape index (κ3) is 4.56. The zero-order valence-corrected chi connectivity index (χ0v) is 15.4. The van der Waals surface area contributed by atoms with E-state index >= 15 is 0 Å². The Kier molecular flexibility index (Phi) is 5.78. The summed E-state index contributed by atoms with van der Waals surface area (Å²) in [6.07, 6.45) is 0.401. The molecule has 8 nitrogen and oxygen atoms in total. The molecule has 1 aliphatic heterocycles. The Balaban J connectivity index is 1.83. The average molecular weight is 412 g/mol. The predicted molar refractivity (Wildman–Crippen MR) is 92.7 cm³/mol. The van der Waals surface area contributed by atoms with Gasteiger partial charge in [0, 0.05) is 10.2 Å². The fourth-order valence-electron chi connectivity index (χ4n) is 2.21. The molecule has 1 saturated heterocycles. The largest absolute Gasteiger partial charge is 0.454 e. The summed E-state index contributed by atoms with van der Waals surface area (Å²) >= 11 is 3.28. The highest BCUT2D eigenvalue weighted by Crippen LogP contribution is 2.20. The summed E-state index contributed by atoms with van der Waals surface area (Å²) < 4.78 is 5.62. The standard InChI is InChI=1S/C16H18BrN3O5/c1-3-16(2)14(23)20(15(24)19-16)8-13(22)25-9-12(21)18-11-6-4-5-10(17)7-11/h4-7H,3,8-9H2,1-2H3,(H,18,21)(H,19,24)/t16-/m1/s1. The van der Waals surface area contributed by atoms with Gasteiger partial charge in [-0.05, 0) is 31.5 Å².